The quantitative estimate of drug-likeness (QED) is 0.728. The summed E-state index contributed by atoms with van der Waals surface area (Å²) in [6.07, 6.45) is 0.636. The van der Waals surface area contributed by atoms with E-state index in [1.165, 1.54) is 12.1 Å². The summed E-state index contributed by atoms with van der Waals surface area (Å²) in [4.78, 5) is 29.9. The molecule has 0 aliphatic rings. The minimum atomic E-state index is -0.988. The molecule has 5 nitrogen and oxygen atoms in total. The second-order valence-corrected chi connectivity index (χ2v) is 3.26. The van der Waals surface area contributed by atoms with E-state index >= 15 is 0 Å². The SMILES string of the molecule is CC(=O)O.O=Cc1ccc(C(=O)O)s1. The molecule has 0 fully saturated rings. The first-order chi connectivity index (χ1) is 6.47. The van der Waals surface area contributed by atoms with Gasteiger partial charge in [0.2, 0.25) is 0 Å². The molecule has 1 aromatic heterocycles. The van der Waals surface area contributed by atoms with Crippen LogP contribution in [0, 0.1) is 0 Å². The van der Waals surface area contributed by atoms with Gasteiger partial charge in [-0.05, 0) is 12.1 Å². The van der Waals surface area contributed by atoms with Crippen LogP contribution in [0.4, 0.5) is 0 Å². The third-order valence-electron chi connectivity index (χ3n) is 0.954. The molecule has 1 heterocycles. The Labute approximate surface area is 83.6 Å². The number of hydrogen-bond acceptors (Lipinski definition) is 4. The van der Waals surface area contributed by atoms with E-state index < -0.39 is 11.9 Å². The maximum atomic E-state index is 10.2. The molecule has 0 unspecified atom stereocenters. The van der Waals surface area contributed by atoms with Gasteiger partial charge in [-0.2, -0.15) is 0 Å². The van der Waals surface area contributed by atoms with E-state index in [-0.39, 0.29) is 4.88 Å². The van der Waals surface area contributed by atoms with Crippen molar-refractivity contribution in [2.75, 3.05) is 0 Å². The van der Waals surface area contributed by atoms with Gasteiger partial charge >= 0.3 is 5.97 Å². The molecule has 0 radical (unpaired) electrons. The number of rotatable bonds is 2. The molecule has 0 aromatic carbocycles. The summed E-state index contributed by atoms with van der Waals surface area (Å²) in [5.74, 6) is -1.82. The molecule has 14 heavy (non-hydrogen) atoms. The van der Waals surface area contributed by atoms with Crippen molar-refractivity contribution in [1.82, 2.24) is 0 Å². The summed E-state index contributed by atoms with van der Waals surface area (Å²) >= 11 is 0.973. The van der Waals surface area contributed by atoms with Gasteiger partial charge in [-0.3, -0.25) is 9.59 Å². The molecule has 0 aliphatic carbocycles. The fourth-order valence-electron chi connectivity index (χ4n) is 0.531. The molecule has 2 N–H and O–H groups in total. The molecule has 1 aromatic rings. The highest BCUT2D eigenvalue weighted by Gasteiger charge is 2.04. The van der Waals surface area contributed by atoms with Crippen molar-refractivity contribution >= 4 is 29.6 Å². The smallest absolute Gasteiger partial charge is 0.345 e. The molecule has 0 atom stereocenters. The van der Waals surface area contributed by atoms with Crippen molar-refractivity contribution in [2.45, 2.75) is 6.92 Å². The van der Waals surface area contributed by atoms with Crippen LogP contribution in [-0.4, -0.2) is 28.4 Å². The molecular formula is C8H8O5S. The number of carbonyl (C=O) groups is 3. The van der Waals surface area contributed by atoms with Crippen LogP contribution in [0.25, 0.3) is 0 Å². The number of thiophene rings is 1. The Morgan fingerprint density at radius 1 is 1.36 bits per heavy atom. The minimum absolute atomic E-state index is 0.196. The average Bonchev–Trinajstić information content (AvgIpc) is 2.50. The highest BCUT2D eigenvalue weighted by Crippen LogP contribution is 2.13. The molecular weight excluding hydrogens is 208 g/mol. The van der Waals surface area contributed by atoms with Crippen LogP contribution in [0.5, 0.6) is 0 Å². The molecule has 0 saturated carbocycles. The predicted molar refractivity (Wildman–Crippen MR) is 50.0 cm³/mol. The number of aldehydes is 1. The number of aromatic carboxylic acids is 1. The summed E-state index contributed by atoms with van der Waals surface area (Å²) < 4.78 is 0. The summed E-state index contributed by atoms with van der Waals surface area (Å²) in [5, 5.41) is 15.8. The van der Waals surface area contributed by atoms with Crippen molar-refractivity contribution in [3.63, 3.8) is 0 Å². The van der Waals surface area contributed by atoms with Crippen LogP contribution in [-0.2, 0) is 4.79 Å². The summed E-state index contributed by atoms with van der Waals surface area (Å²) in [7, 11) is 0. The fraction of sp³-hybridized carbons (Fsp3) is 0.125. The Hall–Kier alpha value is -1.69. The zero-order valence-electron chi connectivity index (χ0n) is 7.26. The Balaban J connectivity index is 0.000000364. The third kappa shape index (κ3) is 5.04. The monoisotopic (exact) mass is 216 g/mol. The van der Waals surface area contributed by atoms with E-state index in [0.717, 1.165) is 18.3 Å². The molecule has 0 aliphatic heterocycles. The van der Waals surface area contributed by atoms with E-state index in [0.29, 0.717) is 11.2 Å². The Bertz CT molecular complexity index is 337. The number of hydrogen-bond donors (Lipinski definition) is 2. The first kappa shape index (κ1) is 12.3. The molecule has 6 heteroatoms. The maximum absolute atomic E-state index is 10.2. The van der Waals surface area contributed by atoms with Crippen LogP contribution in [0.2, 0.25) is 0 Å². The Morgan fingerprint density at radius 2 is 1.86 bits per heavy atom. The third-order valence-corrected chi connectivity index (χ3v) is 1.95. The van der Waals surface area contributed by atoms with Gasteiger partial charge in [0.1, 0.15) is 4.88 Å². The van der Waals surface area contributed by atoms with Crippen LogP contribution in [0.15, 0.2) is 12.1 Å². The van der Waals surface area contributed by atoms with Crippen molar-refractivity contribution in [3.8, 4) is 0 Å². The van der Waals surface area contributed by atoms with Gasteiger partial charge in [-0.15, -0.1) is 11.3 Å². The average molecular weight is 216 g/mol. The summed E-state index contributed by atoms with van der Waals surface area (Å²) in [6, 6.07) is 2.90. The number of carboxylic acids is 2. The van der Waals surface area contributed by atoms with Crippen molar-refractivity contribution in [3.05, 3.63) is 21.9 Å². The number of aliphatic carboxylic acids is 1. The standard InChI is InChI=1S/C6H4O3S.C2H4O2/c7-3-4-1-2-5(10-4)6(8)9;1-2(3)4/h1-3H,(H,8,9);1H3,(H,3,4). The maximum Gasteiger partial charge on any atom is 0.345 e. The van der Waals surface area contributed by atoms with E-state index in [9.17, 15) is 9.59 Å². The molecule has 0 spiro atoms. The van der Waals surface area contributed by atoms with Crippen molar-refractivity contribution in [1.29, 1.82) is 0 Å². The largest absolute Gasteiger partial charge is 0.481 e. The van der Waals surface area contributed by atoms with Crippen LogP contribution < -0.4 is 0 Å². The van der Waals surface area contributed by atoms with Gasteiger partial charge in [-0.25, -0.2) is 4.79 Å². The zero-order valence-corrected chi connectivity index (χ0v) is 8.08. The van der Waals surface area contributed by atoms with Crippen LogP contribution >= 0.6 is 11.3 Å². The minimum Gasteiger partial charge on any atom is -0.481 e. The lowest BCUT2D eigenvalue weighted by Gasteiger charge is -1.79. The Kier molecular flexibility index (Phi) is 5.16. The first-order valence-corrected chi connectivity index (χ1v) is 4.27. The summed E-state index contributed by atoms with van der Waals surface area (Å²) in [5.41, 5.74) is 0. The first-order valence-electron chi connectivity index (χ1n) is 3.45. The van der Waals surface area contributed by atoms with E-state index in [2.05, 4.69) is 0 Å². The lowest BCUT2D eigenvalue weighted by Crippen LogP contribution is -1.89. The number of carboxylic acid groups (broad SMARTS) is 2. The van der Waals surface area contributed by atoms with Crippen LogP contribution in [0.3, 0.4) is 0 Å². The normalized spacial score (nSPS) is 8.36. The predicted octanol–water partition coefficient (Wildman–Crippen LogP) is 1.35. The van der Waals surface area contributed by atoms with Gasteiger partial charge < -0.3 is 10.2 Å². The van der Waals surface area contributed by atoms with E-state index in [1.54, 1.807) is 0 Å². The second kappa shape index (κ2) is 5.87. The molecule has 1 rings (SSSR count). The van der Waals surface area contributed by atoms with Gasteiger partial charge in [-0.1, -0.05) is 0 Å². The zero-order chi connectivity index (χ0) is 11.1. The van der Waals surface area contributed by atoms with E-state index in [1.807, 2.05) is 0 Å². The van der Waals surface area contributed by atoms with E-state index in [4.69, 9.17) is 15.0 Å². The molecule has 0 bridgehead atoms. The van der Waals surface area contributed by atoms with Crippen molar-refractivity contribution in [2.24, 2.45) is 0 Å². The molecule has 0 saturated heterocycles. The molecule has 76 valence electrons. The van der Waals surface area contributed by atoms with Crippen LogP contribution in [0.1, 0.15) is 26.3 Å². The number of carbonyl (C=O) groups excluding carboxylic acids is 1. The highest BCUT2D eigenvalue weighted by molar-refractivity contribution is 7.15. The fourth-order valence-corrected chi connectivity index (χ4v) is 1.19. The lowest BCUT2D eigenvalue weighted by atomic mass is 10.4. The van der Waals surface area contributed by atoms with Crippen molar-refractivity contribution < 1.29 is 24.6 Å². The highest BCUT2D eigenvalue weighted by atomic mass is 32.1. The summed E-state index contributed by atoms with van der Waals surface area (Å²) in [6.45, 7) is 1.08. The topological polar surface area (TPSA) is 91.7 Å². The van der Waals surface area contributed by atoms with Gasteiger partial charge in [0.15, 0.2) is 6.29 Å². The molecule has 0 amide bonds. The van der Waals surface area contributed by atoms with Gasteiger partial charge in [0, 0.05) is 6.92 Å². The Morgan fingerprint density at radius 3 is 2.07 bits per heavy atom. The van der Waals surface area contributed by atoms with Gasteiger partial charge in [0.05, 0.1) is 4.88 Å². The lowest BCUT2D eigenvalue weighted by molar-refractivity contribution is -0.134. The second-order valence-electron chi connectivity index (χ2n) is 2.14. The van der Waals surface area contributed by atoms with Gasteiger partial charge in [0.25, 0.3) is 5.97 Å².